The predicted octanol–water partition coefficient (Wildman–Crippen LogP) is 2.41. The molecule has 0 fully saturated rings. The molecule has 0 saturated carbocycles. The fourth-order valence-electron chi connectivity index (χ4n) is 2.15. The topological polar surface area (TPSA) is 37.6 Å². The zero-order valence-corrected chi connectivity index (χ0v) is 13.5. The Morgan fingerprint density at radius 3 is 2.55 bits per heavy atom. The van der Waals surface area contributed by atoms with Gasteiger partial charge in [0, 0.05) is 38.1 Å². The highest BCUT2D eigenvalue weighted by Gasteiger charge is 2.18. The number of aliphatic hydroxyl groups is 1. The number of aryl methyl sites for hydroxylation is 1. The van der Waals surface area contributed by atoms with Gasteiger partial charge in [-0.2, -0.15) is 0 Å². The van der Waals surface area contributed by atoms with Crippen LogP contribution in [0.3, 0.4) is 0 Å². The Labute approximate surface area is 123 Å². The standard InChI is InChI=1S/C16H30N2O2/c1-6-14(4)18(10-15-8-7-9-17(15)5)11-16(19)12-20-13(2)3/h7-9,13-14,16,19H,6,10-12H2,1-5H3/t14-,16+/m0/s1. The van der Waals surface area contributed by atoms with E-state index < -0.39 is 6.10 Å². The van der Waals surface area contributed by atoms with Gasteiger partial charge >= 0.3 is 0 Å². The number of ether oxygens (including phenoxy) is 1. The van der Waals surface area contributed by atoms with E-state index in [9.17, 15) is 5.11 Å². The number of hydrogen-bond donors (Lipinski definition) is 1. The molecule has 0 unspecified atom stereocenters. The maximum Gasteiger partial charge on any atom is 0.0900 e. The summed E-state index contributed by atoms with van der Waals surface area (Å²) in [5.41, 5.74) is 1.27. The smallest absolute Gasteiger partial charge is 0.0900 e. The third-order valence-electron chi connectivity index (χ3n) is 3.70. The van der Waals surface area contributed by atoms with Gasteiger partial charge in [0.2, 0.25) is 0 Å². The molecule has 0 amide bonds. The number of rotatable bonds is 9. The Morgan fingerprint density at radius 2 is 2.05 bits per heavy atom. The summed E-state index contributed by atoms with van der Waals surface area (Å²) in [5.74, 6) is 0. The maximum atomic E-state index is 10.1. The Morgan fingerprint density at radius 1 is 1.35 bits per heavy atom. The molecule has 0 bridgehead atoms. The van der Waals surface area contributed by atoms with Crippen LogP contribution in [0.15, 0.2) is 18.3 Å². The van der Waals surface area contributed by atoms with E-state index in [2.05, 4.69) is 48.7 Å². The summed E-state index contributed by atoms with van der Waals surface area (Å²) in [7, 11) is 2.06. The molecule has 0 saturated heterocycles. The summed E-state index contributed by atoms with van der Waals surface area (Å²) in [6.45, 7) is 10.3. The van der Waals surface area contributed by atoms with Gasteiger partial charge in [-0.1, -0.05) is 6.92 Å². The first-order valence-electron chi connectivity index (χ1n) is 7.58. The molecule has 1 aromatic heterocycles. The van der Waals surface area contributed by atoms with Gasteiger partial charge in [0.1, 0.15) is 0 Å². The van der Waals surface area contributed by atoms with Crippen molar-refractivity contribution in [2.75, 3.05) is 13.2 Å². The van der Waals surface area contributed by atoms with Gasteiger partial charge in [0.15, 0.2) is 0 Å². The summed E-state index contributed by atoms with van der Waals surface area (Å²) in [5, 5.41) is 10.1. The second-order valence-corrected chi connectivity index (χ2v) is 5.83. The molecule has 0 aliphatic rings. The number of aliphatic hydroxyl groups excluding tert-OH is 1. The number of nitrogens with zero attached hydrogens (tertiary/aromatic N) is 2. The van der Waals surface area contributed by atoms with Crippen LogP contribution in [0.4, 0.5) is 0 Å². The first-order valence-corrected chi connectivity index (χ1v) is 7.58. The summed E-state index contributed by atoms with van der Waals surface area (Å²) in [4.78, 5) is 2.32. The van der Waals surface area contributed by atoms with Crippen molar-refractivity contribution in [1.82, 2.24) is 9.47 Å². The van der Waals surface area contributed by atoms with E-state index >= 15 is 0 Å². The molecule has 0 aromatic carbocycles. The van der Waals surface area contributed by atoms with Crippen molar-refractivity contribution in [3.8, 4) is 0 Å². The van der Waals surface area contributed by atoms with Crippen LogP contribution >= 0.6 is 0 Å². The summed E-state index contributed by atoms with van der Waals surface area (Å²) in [6, 6.07) is 4.63. The van der Waals surface area contributed by atoms with E-state index in [1.54, 1.807) is 0 Å². The van der Waals surface area contributed by atoms with Crippen LogP contribution in [0.5, 0.6) is 0 Å². The molecule has 2 atom stereocenters. The van der Waals surface area contributed by atoms with Crippen molar-refractivity contribution >= 4 is 0 Å². The van der Waals surface area contributed by atoms with Crippen molar-refractivity contribution < 1.29 is 9.84 Å². The fourth-order valence-corrected chi connectivity index (χ4v) is 2.15. The van der Waals surface area contributed by atoms with E-state index in [0.29, 0.717) is 19.2 Å². The largest absolute Gasteiger partial charge is 0.389 e. The van der Waals surface area contributed by atoms with Crippen molar-refractivity contribution in [2.24, 2.45) is 7.05 Å². The second-order valence-electron chi connectivity index (χ2n) is 5.83. The molecule has 1 rings (SSSR count). The molecule has 116 valence electrons. The fraction of sp³-hybridized carbons (Fsp3) is 0.750. The monoisotopic (exact) mass is 282 g/mol. The van der Waals surface area contributed by atoms with Gasteiger partial charge in [0.25, 0.3) is 0 Å². The zero-order valence-electron chi connectivity index (χ0n) is 13.5. The molecule has 4 heteroatoms. The Kier molecular flexibility index (Phi) is 7.27. The molecule has 0 radical (unpaired) electrons. The van der Waals surface area contributed by atoms with Crippen LogP contribution in [0.25, 0.3) is 0 Å². The van der Waals surface area contributed by atoms with E-state index in [4.69, 9.17) is 4.74 Å². The van der Waals surface area contributed by atoms with Gasteiger partial charge < -0.3 is 14.4 Å². The van der Waals surface area contributed by atoms with Crippen LogP contribution in [-0.4, -0.2) is 46.0 Å². The highest BCUT2D eigenvalue weighted by atomic mass is 16.5. The van der Waals surface area contributed by atoms with Crippen LogP contribution in [0.2, 0.25) is 0 Å². The lowest BCUT2D eigenvalue weighted by molar-refractivity contribution is -0.0152. The third kappa shape index (κ3) is 5.65. The molecule has 20 heavy (non-hydrogen) atoms. The van der Waals surface area contributed by atoms with E-state index in [-0.39, 0.29) is 6.10 Å². The van der Waals surface area contributed by atoms with Crippen molar-refractivity contribution in [3.05, 3.63) is 24.0 Å². The van der Waals surface area contributed by atoms with E-state index in [0.717, 1.165) is 13.0 Å². The first-order chi connectivity index (χ1) is 9.43. The minimum Gasteiger partial charge on any atom is -0.389 e. The van der Waals surface area contributed by atoms with Crippen molar-refractivity contribution in [2.45, 2.75) is 58.9 Å². The van der Waals surface area contributed by atoms with E-state index in [1.165, 1.54) is 5.69 Å². The van der Waals surface area contributed by atoms with Crippen molar-refractivity contribution in [1.29, 1.82) is 0 Å². The predicted molar refractivity (Wildman–Crippen MR) is 82.7 cm³/mol. The van der Waals surface area contributed by atoms with Gasteiger partial charge in [-0.3, -0.25) is 4.90 Å². The second kappa shape index (κ2) is 8.45. The molecule has 0 spiro atoms. The quantitative estimate of drug-likeness (QED) is 0.756. The van der Waals surface area contributed by atoms with Gasteiger partial charge in [-0.15, -0.1) is 0 Å². The highest BCUT2D eigenvalue weighted by molar-refractivity contribution is 5.06. The minimum atomic E-state index is -0.438. The summed E-state index contributed by atoms with van der Waals surface area (Å²) >= 11 is 0. The lowest BCUT2D eigenvalue weighted by Gasteiger charge is -2.30. The summed E-state index contributed by atoms with van der Waals surface area (Å²) < 4.78 is 7.63. The minimum absolute atomic E-state index is 0.162. The Balaban J connectivity index is 2.58. The molecular formula is C16H30N2O2. The Hall–Kier alpha value is -0.840. The van der Waals surface area contributed by atoms with Gasteiger partial charge in [0.05, 0.1) is 18.8 Å². The molecule has 1 heterocycles. The van der Waals surface area contributed by atoms with Gasteiger partial charge in [-0.05, 0) is 39.3 Å². The molecule has 4 nitrogen and oxygen atoms in total. The van der Waals surface area contributed by atoms with Crippen LogP contribution in [0, 0.1) is 0 Å². The molecule has 1 aromatic rings. The normalized spacial score (nSPS) is 15.0. The van der Waals surface area contributed by atoms with E-state index in [1.807, 2.05) is 13.8 Å². The first kappa shape index (κ1) is 17.2. The van der Waals surface area contributed by atoms with Crippen LogP contribution in [0.1, 0.15) is 39.8 Å². The Bertz CT molecular complexity index is 376. The average Bonchev–Trinajstić information content (AvgIpc) is 2.80. The third-order valence-corrected chi connectivity index (χ3v) is 3.70. The average molecular weight is 282 g/mol. The van der Waals surface area contributed by atoms with Crippen LogP contribution < -0.4 is 0 Å². The lowest BCUT2D eigenvalue weighted by atomic mass is 10.2. The summed E-state index contributed by atoms with van der Waals surface area (Å²) in [6.07, 6.45) is 2.85. The SMILES string of the molecule is CC[C@H](C)N(Cc1cccn1C)C[C@@H](O)COC(C)C. The molecule has 1 N–H and O–H groups in total. The van der Waals surface area contributed by atoms with Crippen LogP contribution in [-0.2, 0) is 18.3 Å². The zero-order chi connectivity index (χ0) is 15.1. The maximum absolute atomic E-state index is 10.1. The highest BCUT2D eigenvalue weighted by Crippen LogP contribution is 2.12. The number of aromatic nitrogens is 1. The lowest BCUT2D eigenvalue weighted by Crippen LogP contribution is -2.40. The molecule has 0 aliphatic carbocycles. The molecular weight excluding hydrogens is 252 g/mol. The molecule has 0 aliphatic heterocycles. The van der Waals surface area contributed by atoms with Gasteiger partial charge in [-0.25, -0.2) is 0 Å². The number of hydrogen-bond acceptors (Lipinski definition) is 3. The van der Waals surface area contributed by atoms with Crippen molar-refractivity contribution in [3.63, 3.8) is 0 Å².